The molecule has 2 aromatic carbocycles. The van der Waals surface area contributed by atoms with Crippen LogP contribution in [-0.4, -0.2) is 45.5 Å². The molecule has 2 aromatic rings. The van der Waals surface area contributed by atoms with E-state index in [0.717, 1.165) is 10.5 Å². The molecule has 0 saturated heterocycles. The van der Waals surface area contributed by atoms with Crippen molar-refractivity contribution < 1.29 is 23.0 Å². The molecule has 0 aromatic heterocycles. The molecule has 2 N–H and O–H groups in total. The predicted octanol–water partition coefficient (Wildman–Crippen LogP) is 2.77. The number of carbonyl (C=O) groups is 3. The highest BCUT2D eigenvalue weighted by Crippen LogP contribution is 2.19. The summed E-state index contributed by atoms with van der Waals surface area (Å²) in [7, 11) is -1.85. The van der Waals surface area contributed by atoms with Crippen LogP contribution in [0.3, 0.4) is 0 Å². The van der Waals surface area contributed by atoms with Crippen LogP contribution >= 0.6 is 0 Å². The molecular formula is C23H28FN3O4S. The molecule has 0 heterocycles. The summed E-state index contributed by atoms with van der Waals surface area (Å²) in [6.07, 6.45) is 0. The smallest absolute Gasteiger partial charge is 0.240 e. The fourth-order valence-corrected chi connectivity index (χ4v) is 3.72. The zero-order valence-electron chi connectivity index (χ0n) is 18.6. The Morgan fingerprint density at radius 3 is 2.19 bits per heavy atom. The first-order valence-electron chi connectivity index (χ1n) is 10.0. The summed E-state index contributed by atoms with van der Waals surface area (Å²) in [6.45, 7) is 6.81. The third kappa shape index (κ3) is 8.22. The van der Waals surface area contributed by atoms with Crippen molar-refractivity contribution in [2.75, 3.05) is 28.3 Å². The Bertz CT molecular complexity index is 1000. The standard InChI is InChI=1S/C23H28FN3O4S/c1-16-9-11-17(12-10-16)25-21(29)14-32(31)15-22(30)27(13-20(28)26-23(2,3)4)19-8-6-5-7-18(19)24/h5-12H,13-15H2,1-4H3,(H,25,29)(H,26,28). The number of anilines is 2. The average molecular weight is 462 g/mol. The molecular weight excluding hydrogens is 433 g/mol. The van der Waals surface area contributed by atoms with Crippen LogP contribution < -0.4 is 15.5 Å². The summed E-state index contributed by atoms with van der Waals surface area (Å²) in [6, 6.07) is 12.6. The van der Waals surface area contributed by atoms with Crippen molar-refractivity contribution in [3.05, 3.63) is 59.9 Å². The third-order valence-corrected chi connectivity index (χ3v) is 5.33. The van der Waals surface area contributed by atoms with E-state index in [-0.39, 0.29) is 5.69 Å². The van der Waals surface area contributed by atoms with Gasteiger partial charge in [0.1, 0.15) is 23.9 Å². The maximum absolute atomic E-state index is 14.3. The number of nitrogens with zero attached hydrogens (tertiary/aromatic N) is 1. The van der Waals surface area contributed by atoms with Crippen LogP contribution in [0.4, 0.5) is 15.8 Å². The van der Waals surface area contributed by atoms with Crippen LogP contribution in [0, 0.1) is 12.7 Å². The summed E-state index contributed by atoms with van der Waals surface area (Å²) in [5.41, 5.74) is 0.942. The number of nitrogens with one attached hydrogen (secondary N) is 2. The van der Waals surface area contributed by atoms with Gasteiger partial charge in [0, 0.05) is 22.0 Å². The van der Waals surface area contributed by atoms with E-state index < -0.39 is 57.9 Å². The molecule has 1 atom stereocenters. The van der Waals surface area contributed by atoms with Gasteiger partial charge in [-0.05, 0) is 52.0 Å². The van der Waals surface area contributed by atoms with Gasteiger partial charge in [0.05, 0.1) is 5.69 Å². The zero-order valence-corrected chi connectivity index (χ0v) is 19.4. The molecule has 0 aliphatic rings. The summed E-state index contributed by atoms with van der Waals surface area (Å²) < 4.78 is 26.8. The first kappa shape index (κ1) is 25.2. The lowest BCUT2D eigenvalue weighted by molar-refractivity contribution is -0.124. The van der Waals surface area contributed by atoms with Crippen LogP contribution in [0.15, 0.2) is 48.5 Å². The van der Waals surface area contributed by atoms with Crippen molar-refractivity contribution in [3.8, 4) is 0 Å². The van der Waals surface area contributed by atoms with Gasteiger partial charge in [-0.25, -0.2) is 4.39 Å². The normalized spacial score (nSPS) is 12.0. The van der Waals surface area contributed by atoms with Gasteiger partial charge in [0.25, 0.3) is 0 Å². The molecule has 0 bridgehead atoms. The number of hydrogen-bond acceptors (Lipinski definition) is 4. The Morgan fingerprint density at radius 1 is 0.969 bits per heavy atom. The van der Waals surface area contributed by atoms with Gasteiger partial charge in [0.2, 0.25) is 17.7 Å². The molecule has 3 amide bonds. The van der Waals surface area contributed by atoms with E-state index in [0.29, 0.717) is 5.69 Å². The highest BCUT2D eigenvalue weighted by molar-refractivity contribution is 7.86. The van der Waals surface area contributed by atoms with E-state index in [4.69, 9.17) is 0 Å². The largest absolute Gasteiger partial charge is 0.350 e. The number of amides is 3. The van der Waals surface area contributed by atoms with Gasteiger partial charge in [-0.2, -0.15) is 0 Å². The maximum Gasteiger partial charge on any atom is 0.240 e. The Hall–Kier alpha value is -3.07. The first-order chi connectivity index (χ1) is 14.9. The second-order valence-corrected chi connectivity index (χ2v) is 9.83. The number of rotatable bonds is 8. The Morgan fingerprint density at radius 2 is 1.59 bits per heavy atom. The Kier molecular flexibility index (Phi) is 8.65. The zero-order chi connectivity index (χ0) is 23.9. The number of para-hydroxylation sites is 1. The molecule has 2 rings (SSSR count). The minimum Gasteiger partial charge on any atom is -0.350 e. The number of halogens is 1. The van der Waals surface area contributed by atoms with Crippen LogP contribution in [0.2, 0.25) is 0 Å². The van der Waals surface area contributed by atoms with Crippen molar-refractivity contribution in [1.82, 2.24) is 5.32 Å². The van der Waals surface area contributed by atoms with Crippen LogP contribution in [0.25, 0.3) is 0 Å². The summed E-state index contributed by atoms with van der Waals surface area (Å²) in [5, 5.41) is 5.34. The third-order valence-electron chi connectivity index (χ3n) is 4.17. The summed E-state index contributed by atoms with van der Waals surface area (Å²) >= 11 is 0. The second-order valence-electron chi connectivity index (χ2n) is 8.37. The maximum atomic E-state index is 14.3. The monoisotopic (exact) mass is 461 g/mol. The molecule has 1 unspecified atom stereocenters. The molecule has 0 aliphatic carbocycles. The topological polar surface area (TPSA) is 95.6 Å². The molecule has 32 heavy (non-hydrogen) atoms. The van der Waals surface area contributed by atoms with Crippen molar-refractivity contribution in [2.24, 2.45) is 0 Å². The van der Waals surface area contributed by atoms with Gasteiger partial charge in [-0.1, -0.05) is 29.8 Å². The van der Waals surface area contributed by atoms with E-state index in [1.165, 1.54) is 24.3 Å². The van der Waals surface area contributed by atoms with Gasteiger partial charge >= 0.3 is 0 Å². The van der Waals surface area contributed by atoms with Crippen LogP contribution in [-0.2, 0) is 25.2 Å². The number of hydrogen-bond donors (Lipinski definition) is 2. The van der Waals surface area contributed by atoms with Crippen molar-refractivity contribution >= 4 is 39.9 Å². The molecule has 0 radical (unpaired) electrons. The molecule has 172 valence electrons. The Balaban J connectivity index is 2.07. The van der Waals surface area contributed by atoms with Crippen molar-refractivity contribution in [3.63, 3.8) is 0 Å². The van der Waals surface area contributed by atoms with Crippen molar-refractivity contribution in [2.45, 2.75) is 33.2 Å². The van der Waals surface area contributed by atoms with E-state index in [9.17, 15) is 23.0 Å². The lowest BCUT2D eigenvalue weighted by Gasteiger charge is -2.26. The van der Waals surface area contributed by atoms with Crippen LogP contribution in [0.5, 0.6) is 0 Å². The molecule has 0 fully saturated rings. The average Bonchev–Trinajstić information content (AvgIpc) is 2.67. The Labute approximate surface area is 189 Å². The number of aryl methyl sites for hydroxylation is 1. The minimum absolute atomic E-state index is 0.0948. The summed E-state index contributed by atoms with van der Waals surface area (Å²) in [5.74, 6) is -3.34. The molecule has 7 nitrogen and oxygen atoms in total. The lowest BCUT2D eigenvalue weighted by Crippen LogP contribution is -2.48. The van der Waals surface area contributed by atoms with Gasteiger partial charge < -0.3 is 10.6 Å². The molecule has 9 heteroatoms. The van der Waals surface area contributed by atoms with E-state index in [2.05, 4.69) is 10.6 Å². The SMILES string of the molecule is Cc1ccc(NC(=O)CS(=O)CC(=O)N(CC(=O)NC(C)(C)C)c2ccccc2F)cc1. The number of benzene rings is 2. The highest BCUT2D eigenvalue weighted by Gasteiger charge is 2.25. The van der Waals surface area contributed by atoms with Gasteiger partial charge in [0.15, 0.2) is 0 Å². The minimum atomic E-state index is -1.85. The first-order valence-corrected chi connectivity index (χ1v) is 11.5. The van der Waals surface area contributed by atoms with E-state index in [1.807, 2.05) is 19.1 Å². The predicted molar refractivity (Wildman–Crippen MR) is 124 cm³/mol. The highest BCUT2D eigenvalue weighted by atomic mass is 32.2. The summed E-state index contributed by atoms with van der Waals surface area (Å²) in [4.78, 5) is 38.3. The van der Waals surface area contributed by atoms with Crippen LogP contribution in [0.1, 0.15) is 26.3 Å². The lowest BCUT2D eigenvalue weighted by atomic mass is 10.1. The van der Waals surface area contributed by atoms with Gasteiger partial charge in [-0.3, -0.25) is 23.5 Å². The van der Waals surface area contributed by atoms with Gasteiger partial charge in [-0.15, -0.1) is 0 Å². The quantitative estimate of drug-likeness (QED) is 0.632. The fourth-order valence-electron chi connectivity index (χ4n) is 2.83. The number of carbonyl (C=O) groups excluding carboxylic acids is 3. The molecule has 0 aliphatic heterocycles. The van der Waals surface area contributed by atoms with E-state index >= 15 is 0 Å². The molecule has 0 spiro atoms. The van der Waals surface area contributed by atoms with Crippen molar-refractivity contribution in [1.29, 1.82) is 0 Å². The molecule has 0 saturated carbocycles. The van der Waals surface area contributed by atoms with E-state index in [1.54, 1.807) is 32.9 Å². The fraction of sp³-hybridized carbons (Fsp3) is 0.348. The second kappa shape index (κ2) is 11.0.